The zero-order chi connectivity index (χ0) is 105. The van der Waals surface area contributed by atoms with Gasteiger partial charge in [0.1, 0.15) is 76.3 Å². The van der Waals surface area contributed by atoms with Crippen LogP contribution in [-0.2, 0) is 30.1 Å². The van der Waals surface area contributed by atoms with E-state index in [2.05, 4.69) is 108 Å². The fraction of sp³-hybridized carbons (Fsp3) is 0.273. The summed E-state index contributed by atoms with van der Waals surface area (Å²) >= 11 is 0. The molecule has 21 rings (SSSR count). The van der Waals surface area contributed by atoms with Crippen molar-refractivity contribution in [1.82, 2.24) is 43.2 Å². The summed E-state index contributed by atoms with van der Waals surface area (Å²) in [6, 6.07) is 66.4. The molecule has 8 aromatic heterocycles. The highest BCUT2D eigenvalue weighted by Gasteiger charge is 2.37. The highest BCUT2D eigenvalue weighted by atomic mass is 32.2. The number of anilines is 4. The molecule has 0 atom stereocenters. The molecule has 8 aromatic carbocycles. The Morgan fingerprint density at radius 1 is 0.380 bits per heavy atom. The first kappa shape index (κ1) is 103. The van der Waals surface area contributed by atoms with E-state index in [1.807, 2.05) is 27.3 Å². The number of nitrogens with one attached hydrogen (secondary N) is 4. The SMILES string of the molecule is CCCS(=O)(=O)Nc1ccc(-c2c(C#N)c3ccc(Oc4ncccc4C#N)cc3n2C2CCC2)c(F)c1.CCCS(=O)(=O)Nc1ccc(-c2c(C#N)c3ccc(Oc4ncccc4[N+](=O)[O-])cc3n2C2CCC2)c(F)c1.CCCS(=O)(=O)Nc1ccc(-c2c(C#N)c3ccc(Oc4ncccc4[N+](=O)[O-])cc3n2C2CCC2)c(OC)c1.N#Cc1c(-c2ccc(NC3CCC3)cc2)n(C2CCC2)c2cc(Oc3ncccn3)ccc12. The first-order valence-electron chi connectivity index (χ1n) is 49.1. The second-order valence-corrected chi connectivity index (χ2v) is 42.4. The normalized spacial score (nSPS) is 14.1. The summed E-state index contributed by atoms with van der Waals surface area (Å²) in [4.78, 5) is 42.2. The molecular weight excluding hydrogens is 1980 g/mol. The Hall–Kier alpha value is -17.4. The number of ether oxygens (including phenoxy) is 5. The highest BCUT2D eigenvalue weighted by molar-refractivity contribution is 7.93. The number of nitro groups is 2. The zero-order valence-electron chi connectivity index (χ0n) is 81.9. The third kappa shape index (κ3) is 21.8. The number of methoxy groups -OCH3 is 1. The molecule has 0 saturated heterocycles. The Bertz CT molecular complexity index is 8520. The fourth-order valence-corrected chi connectivity index (χ4v) is 22.5. The van der Waals surface area contributed by atoms with E-state index in [9.17, 15) is 71.8 Å². The van der Waals surface area contributed by atoms with E-state index >= 15 is 8.78 Å². The molecule has 0 aliphatic heterocycles. The maximum atomic E-state index is 15.5. The number of hydrogen-bond acceptors (Lipinski definition) is 26. The smallest absolute Gasteiger partial charge is 0.331 e. The van der Waals surface area contributed by atoms with Crippen LogP contribution >= 0.6 is 0 Å². The molecule has 4 N–H and O–H groups in total. The van der Waals surface area contributed by atoms with Gasteiger partial charge in [-0.25, -0.2) is 59.0 Å². The van der Waals surface area contributed by atoms with Gasteiger partial charge in [0.25, 0.3) is 11.8 Å². The standard InChI is InChI=1S/C28H24FN5O3S.C28H27N5O6S.C27H24FN5O5S.C27H25N5O/c1-2-13-38(35,36)33-19-8-10-23(25(29)14-19)27-24(17-31)22-11-9-21(15-26(22)34(27)20-6-3-7-20)37-28-18(16-30)5-4-12-32-28;1-3-14-40(36,37)31-18-9-11-22(26(15-18)38-2)27-23(17-29)21-12-10-20(16-25(21)32(27)19-6-4-7-19)39-28-24(33(34)35)8-5-13-30-28;1-2-13-39(36,37)31-17-8-10-21(23(28)14-17)26-22(16-29)20-11-9-19(15-25(20)32(26)18-5-3-6-18)38-27-24(33(34)35)7-4-12-30-27;28-17-24-23-13-12-22(33-27-29-14-3-15-30-27)16-25(23)32(21-6-2-7-21)26(24)18-8-10-20(11-9-18)31-19-4-1-5-19/h4-5,8-12,14-15,20,33H,2-3,6-7,13H2,1H3;5,8-13,15-16,19,31H,3-4,6-7,14H2,1-2H3;4,7-12,14-15,18,31H,2-3,5-6,13H2,1H3;3,8-16,19,21,31H,1-2,4-7H2. The van der Waals surface area contributed by atoms with Crippen LogP contribution in [0.25, 0.3) is 88.6 Å². The lowest BCUT2D eigenvalue weighted by atomic mass is 9.92. The molecule has 762 valence electrons. The van der Waals surface area contributed by atoms with E-state index in [0.29, 0.717) is 127 Å². The molecule has 8 heterocycles. The number of pyridine rings is 3. The summed E-state index contributed by atoms with van der Waals surface area (Å²) in [6.07, 6.45) is 24.5. The summed E-state index contributed by atoms with van der Waals surface area (Å²) < 4.78 is 149. The average molecular weight is 2080 g/mol. The van der Waals surface area contributed by atoms with Gasteiger partial charge >= 0.3 is 17.4 Å². The molecular formula is C110H100F2N20O15S3. The summed E-state index contributed by atoms with van der Waals surface area (Å²) in [5.41, 5.74) is 10.9. The third-order valence-electron chi connectivity index (χ3n) is 27.1. The van der Waals surface area contributed by atoms with Gasteiger partial charge < -0.3 is 47.3 Å². The van der Waals surface area contributed by atoms with Crippen LogP contribution in [0.4, 0.5) is 42.9 Å². The van der Waals surface area contributed by atoms with Gasteiger partial charge in [0.05, 0.1) is 118 Å². The second kappa shape index (κ2) is 44.5. The largest absolute Gasteiger partial charge is 0.496 e. The minimum atomic E-state index is -3.60. The monoisotopic (exact) mass is 2070 g/mol. The summed E-state index contributed by atoms with van der Waals surface area (Å²) in [5, 5.41) is 79.4. The van der Waals surface area contributed by atoms with Crippen molar-refractivity contribution in [3.63, 3.8) is 0 Å². The van der Waals surface area contributed by atoms with E-state index < -0.39 is 51.6 Å². The molecule has 0 radical (unpaired) electrons. The van der Waals surface area contributed by atoms with Crippen molar-refractivity contribution in [3.8, 4) is 128 Å². The van der Waals surface area contributed by atoms with Crippen LogP contribution in [0.15, 0.2) is 225 Å². The molecule has 0 amide bonds. The second-order valence-electron chi connectivity index (χ2n) is 36.9. The van der Waals surface area contributed by atoms with Crippen molar-refractivity contribution in [2.75, 3.05) is 43.9 Å². The fourth-order valence-electron chi connectivity index (χ4n) is 19.1. The molecule has 16 aromatic rings. The Morgan fingerprint density at radius 2 is 0.713 bits per heavy atom. The van der Waals surface area contributed by atoms with Gasteiger partial charge in [0.2, 0.25) is 35.9 Å². The minimum Gasteiger partial charge on any atom is -0.496 e. The van der Waals surface area contributed by atoms with Crippen LogP contribution in [0.2, 0.25) is 0 Å². The number of hydrogen-bond donors (Lipinski definition) is 4. The molecule has 40 heteroatoms. The first-order chi connectivity index (χ1) is 72.6. The van der Waals surface area contributed by atoms with E-state index in [0.717, 1.165) is 122 Å². The van der Waals surface area contributed by atoms with Crippen molar-refractivity contribution in [2.24, 2.45) is 0 Å². The lowest BCUT2D eigenvalue weighted by Gasteiger charge is -2.30. The number of benzene rings is 8. The number of aromatic nitrogens is 9. The van der Waals surface area contributed by atoms with Crippen molar-refractivity contribution < 1.29 is 67.6 Å². The summed E-state index contributed by atoms with van der Waals surface area (Å²) in [5.74, 6) is 0.548. The molecule has 35 nitrogen and oxygen atoms in total. The van der Waals surface area contributed by atoms with Crippen LogP contribution in [0.5, 0.6) is 52.4 Å². The first-order valence-corrected chi connectivity index (χ1v) is 54.1. The number of rotatable bonds is 33. The van der Waals surface area contributed by atoms with Crippen LogP contribution in [-0.4, -0.2) is 109 Å². The minimum absolute atomic E-state index is 0.00235. The van der Waals surface area contributed by atoms with Gasteiger partial charge in [0, 0.05) is 148 Å². The van der Waals surface area contributed by atoms with Gasteiger partial charge in [-0.05, 0) is 261 Å². The highest BCUT2D eigenvalue weighted by Crippen LogP contribution is 2.52. The van der Waals surface area contributed by atoms with Crippen molar-refractivity contribution >= 4 is 108 Å². The van der Waals surface area contributed by atoms with Crippen molar-refractivity contribution in [2.45, 2.75) is 167 Å². The number of fused-ring (bicyclic) bond motifs is 4. The van der Waals surface area contributed by atoms with E-state index in [-0.39, 0.29) is 104 Å². The lowest BCUT2D eigenvalue weighted by Crippen LogP contribution is -2.26. The van der Waals surface area contributed by atoms with Gasteiger partial charge in [0.15, 0.2) is 0 Å². The Kier molecular flexibility index (Phi) is 30.4. The molecule has 0 spiro atoms. The maximum absolute atomic E-state index is 15.5. The van der Waals surface area contributed by atoms with Gasteiger partial charge in [-0.3, -0.25) is 34.4 Å². The molecule has 5 fully saturated rings. The van der Waals surface area contributed by atoms with Crippen LogP contribution in [0, 0.1) is 88.5 Å². The number of halogens is 2. The number of nitriles is 5. The topological polar surface area (TPSA) is 486 Å². The maximum Gasteiger partial charge on any atom is 0.331 e. The Balaban J connectivity index is 0.000000131. The summed E-state index contributed by atoms with van der Waals surface area (Å²) in [6.45, 7) is 5.28. The molecule has 5 saturated carbocycles. The quantitative estimate of drug-likeness (QED) is 0.0219. The molecule has 0 bridgehead atoms. The number of nitrogens with zero attached hydrogens (tertiary/aromatic N) is 16. The predicted molar refractivity (Wildman–Crippen MR) is 564 cm³/mol. The molecule has 0 unspecified atom stereocenters. The molecule has 150 heavy (non-hydrogen) atoms. The van der Waals surface area contributed by atoms with E-state index in [1.54, 1.807) is 124 Å². The van der Waals surface area contributed by atoms with Gasteiger partial charge in [-0.1, -0.05) is 32.9 Å². The van der Waals surface area contributed by atoms with Gasteiger partial charge in [-0.15, -0.1) is 0 Å². The Labute approximate surface area is 862 Å². The van der Waals surface area contributed by atoms with Crippen molar-refractivity contribution in [1.29, 1.82) is 26.3 Å². The average Bonchev–Trinajstić information content (AvgIpc) is 1.59. The van der Waals surface area contributed by atoms with Crippen LogP contribution in [0.1, 0.15) is 188 Å². The van der Waals surface area contributed by atoms with Gasteiger partial charge in [-0.2, -0.15) is 26.3 Å². The Morgan fingerprint density at radius 3 is 1.06 bits per heavy atom. The number of sulfonamides is 3. The van der Waals surface area contributed by atoms with Crippen molar-refractivity contribution in [3.05, 3.63) is 285 Å². The third-order valence-corrected chi connectivity index (χ3v) is 31.5. The molecule has 5 aliphatic rings. The van der Waals surface area contributed by atoms with Crippen LogP contribution in [0.3, 0.4) is 0 Å². The van der Waals surface area contributed by atoms with E-state index in [1.165, 1.54) is 99.9 Å². The summed E-state index contributed by atoms with van der Waals surface area (Å²) in [7, 11) is -9.18. The predicted octanol–water partition coefficient (Wildman–Crippen LogP) is 25.2. The van der Waals surface area contributed by atoms with Crippen LogP contribution < -0.4 is 43.2 Å². The lowest BCUT2D eigenvalue weighted by molar-refractivity contribution is -0.386. The zero-order valence-corrected chi connectivity index (χ0v) is 84.3. The van der Waals surface area contributed by atoms with E-state index in [4.69, 9.17) is 23.7 Å². The molecule has 5 aliphatic carbocycles.